The lowest BCUT2D eigenvalue weighted by Gasteiger charge is -2.43. The van der Waals surface area contributed by atoms with Crippen LogP contribution in [0.5, 0.6) is 0 Å². The van der Waals surface area contributed by atoms with E-state index in [4.69, 9.17) is 0 Å². The number of likely N-dealkylation sites (tertiary alicyclic amines) is 1. The molecule has 25 heavy (non-hydrogen) atoms. The van der Waals surface area contributed by atoms with Gasteiger partial charge in [0.25, 0.3) is 0 Å². The molecular formula is C22H24BrNO. The SMILES string of the molecule is C=CC[C@@]1(c2ccccc2)CCN([C@@H](C)c2ccc(Br)cc2)C(=O)C1. The maximum Gasteiger partial charge on any atom is 0.223 e. The molecular weight excluding hydrogens is 374 g/mol. The van der Waals surface area contributed by atoms with E-state index in [2.05, 4.69) is 65.8 Å². The van der Waals surface area contributed by atoms with E-state index in [1.165, 1.54) is 11.1 Å². The molecule has 3 rings (SSSR count). The van der Waals surface area contributed by atoms with Crippen molar-refractivity contribution in [2.75, 3.05) is 6.54 Å². The summed E-state index contributed by atoms with van der Waals surface area (Å²) in [6.07, 6.45) is 4.30. The molecule has 0 N–H and O–H groups in total. The molecule has 2 atom stereocenters. The van der Waals surface area contributed by atoms with Gasteiger partial charge in [-0.15, -0.1) is 6.58 Å². The molecule has 3 heteroatoms. The van der Waals surface area contributed by atoms with Crippen LogP contribution in [-0.2, 0) is 10.2 Å². The minimum Gasteiger partial charge on any atom is -0.336 e. The van der Waals surface area contributed by atoms with Crippen LogP contribution in [0, 0.1) is 0 Å². The van der Waals surface area contributed by atoms with Crippen LogP contribution < -0.4 is 0 Å². The van der Waals surface area contributed by atoms with Crippen LogP contribution in [0.3, 0.4) is 0 Å². The summed E-state index contributed by atoms with van der Waals surface area (Å²) in [6, 6.07) is 18.8. The van der Waals surface area contributed by atoms with Crippen LogP contribution in [0.1, 0.15) is 43.4 Å². The number of hydrogen-bond acceptors (Lipinski definition) is 1. The van der Waals surface area contributed by atoms with Gasteiger partial charge in [-0.05, 0) is 43.0 Å². The maximum absolute atomic E-state index is 13.0. The molecule has 0 aliphatic carbocycles. The second kappa shape index (κ2) is 7.57. The third-order valence-corrected chi connectivity index (χ3v) is 5.91. The van der Waals surface area contributed by atoms with E-state index in [1.807, 2.05) is 29.2 Å². The lowest BCUT2D eigenvalue weighted by molar-refractivity contribution is -0.138. The summed E-state index contributed by atoms with van der Waals surface area (Å²) in [7, 11) is 0. The predicted octanol–water partition coefficient (Wildman–Crippen LogP) is 5.65. The molecule has 1 heterocycles. The smallest absolute Gasteiger partial charge is 0.223 e. The van der Waals surface area contributed by atoms with E-state index >= 15 is 0 Å². The van der Waals surface area contributed by atoms with Crippen molar-refractivity contribution in [1.82, 2.24) is 4.90 Å². The first-order valence-corrected chi connectivity index (χ1v) is 9.56. The first kappa shape index (κ1) is 17.9. The van der Waals surface area contributed by atoms with Gasteiger partial charge in [-0.3, -0.25) is 4.79 Å². The van der Waals surface area contributed by atoms with Crippen molar-refractivity contribution in [2.24, 2.45) is 0 Å². The lowest BCUT2D eigenvalue weighted by Crippen LogP contribution is -2.47. The standard InChI is InChI=1S/C22H24BrNO/c1-3-13-22(19-7-5-4-6-8-19)14-15-24(21(25)16-22)17(2)18-9-11-20(23)12-10-18/h3-12,17H,1,13-16H2,2H3/t17-,22+/m0/s1. The van der Waals surface area contributed by atoms with E-state index in [-0.39, 0.29) is 17.4 Å². The Balaban J connectivity index is 1.82. The normalized spacial score (nSPS) is 21.8. The highest BCUT2D eigenvalue weighted by atomic mass is 79.9. The highest BCUT2D eigenvalue weighted by Gasteiger charge is 2.40. The van der Waals surface area contributed by atoms with Crippen molar-refractivity contribution < 1.29 is 4.79 Å². The Labute approximate surface area is 158 Å². The van der Waals surface area contributed by atoms with Gasteiger partial charge in [0.1, 0.15) is 0 Å². The molecule has 0 aromatic heterocycles. The fourth-order valence-electron chi connectivity index (χ4n) is 3.88. The summed E-state index contributed by atoms with van der Waals surface area (Å²) in [5.41, 5.74) is 2.31. The summed E-state index contributed by atoms with van der Waals surface area (Å²) in [5, 5.41) is 0. The molecule has 0 radical (unpaired) electrons. The zero-order valence-corrected chi connectivity index (χ0v) is 16.2. The first-order valence-electron chi connectivity index (χ1n) is 8.77. The summed E-state index contributed by atoms with van der Waals surface area (Å²) in [5.74, 6) is 0.229. The molecule has 0 saturated carbocycles. The Hall–Kier alpha value is -1.87. The van der Waals surface area contributed by atoms with Gasteiger partial charge >= 0.3 is 0 Å². The van der Waals surface area contributed by atoms with Gasteiger partial charge in [0.05, 0.1) is 6.04 Å². The topological polar surface area (TPSA) is 20.3 Å². The highest BCUT2D eigenvalue weighted by molar-refractivity contribution is 9.10. The van der Waals surface area contributed by atoms with Gasteiger partial charge in [-0.2, -0.15) is 0 Å². The Morgan fingerprint density at radius 2 is 1.88 bits per heavy atom. The van der Waals surface area contributed by atoms with E-state index in [1.54, 1.807) is 0 Å². The summed E-state index contributed by atoms with van der Waals surface area (Å²) in [6.45, 7) is 6.82. The van der Waals surface area contributed by atoms with Crippen molar-refractivity contribution in [3.63, 3.8) is 0 Å². The predicted molar refractivity (Wildman–Crippen MR) is 106 cm³/mol. The molecule has 2 aromatic carbocycles. The van der Waals surface area contributed by atoms with Gasteiger partial charge < -0.3 is 4.90 Å². The average Bonchev–Trinajstić information content (AvgIpc) is 2.63. The number of halogens is 1. The molecule has 0 spiro atoms. The molecule has 0 bridgehead atoms. The van der Waals surface area contributed by atoms with E-state index in [0.717, 1.165) is 23.9 Å². The highest BCUT2D eigenvalue weighted by Crippen LogP contribution is 2.41. The Morgan fingerprint density at radius 1 is 1.20 bits per heavy atom. The molecule has 1 aliphatic heterocycles. The molecule has 2 nitrogen and oxygen atoms in total. The monoisotopic (exact) mass is 397 g/mol. The van der Waals surface area contributed by atoms with Crippen molar-refractivity contribution in [1.29, 1.82) is 0 Å². The van der Waals surface area contributed by atoms with E-state index in [0.29, 0.717) is 6.42 Å². The third-order valence-electron chi connectivity index (χ3n) is 5.38. The average molecular weight is 398 g/mol. The zero-order chi connectivity index (χ0) is 17.9. The van der Waals surface area contributed by atoms with Gasteiger partial charge in [-0.1, -0.05) is 64.5 Å². The summed E-state index contributed by atoms with van der Waals surface area (Å²) < 4.78 is 1.06. The van der Waals surface area contributed by atoms with Gasteiger partial charge in [-0.25, -0.2) is 0 Å². The van der Waals surface area contributed by atoms with Gasteiger partial charge in [0.2, 0.25) is 5.91 Å². The molecule has 2 aromatic rings. The van der Waals surface area contributed by atoms with Crippen LogP contribution in [0.4, 0.5) is 0 Å². The Kier molecular flexibility index (Phi) is 5.43. The molecule has 1 saturated heterocycles. The lowest BCUT2D eigenvalue weighted by atomic mass is 9.70. The molecule has 0 unspecified atom stereocenters. The number of rotatable bonds is 5. The summed E-state index contributed by atoms with van der Waals surface area (Å²) >= 11 is 3.47. The van der Waals surface area contributed by atoms with Gasteiger partial charge in [0.15, 0.2) is 0 Å². The van der Waals surface area contributed by atoms with Crippen molar-refractivity contribution in [3.05, 3.63) is 82.9 Å². The molecule has 130 valence electrons. The first-order chi connectivity index (χ1) is 12.1. The second-order valence-corrected chi connectivity index (χ2v) is 7.80. The second-order valence-electron chi connectivity index (χ2n) is 6.88. The number of piperidine rings is 1. The minimum absolute atomic E-state index is 0.0955. The number of amides is 1. The zero-order valence-electron chi connectivity index (χ0n) is 14.6. The van der Waals surface area contributed by atoms with Crippen LogP contribution in [0.15, 0.2) is 71.7 Å². The van der Waals surface area contributed by atoms with Crippen molar-refractivity contribution in [2.45, 2.75) is 37.6 Å². The fraction of sp³-hybridized carbons (Fsp3) is 0.318. The fourth-order valence-corrected chi connectivity index (χ4v) is 4.14. The number of nitrogens with zero attached hydrogens (tertiary/aromatic N) is 1. The Bertz CT molecular complexity index is 740. The van der Waals surface area contributed by atoms with E-state index < -0.39 is 0 Å². The number of allylic oxidation sites excluding steroid dienone is 1. The van der Waals surface area contributed by atoms with Crippen LogP contribution in [0.2, 0.25) is 0 Å². The largest absolute Gasteiger partial charge is 0.336 e. The number of carbonyl (C=O) groups is 1. The van der Waals surface area contributed by atoms with Crippen LogP contribution >= 0.6 is 15.9 Å². The van der Waals surface area contributed by atoms with E-state index in [9.17, 15) is 4.79 Å². The third kappa shape index (κ3) is 3.72. The molecule has 1 fully saturated rings. The summed E-state index contributed by atoms with van der Waals surface area (Å²) in [4.78, 5) is 15.0. The number of carbonyl (C=O) groups excluding carboxylic acids is 1. The molecule has 1 aliphatic rings. The quantitative estimate of drug-likeness (QED) is 0.597. The van der Waals surface area contributed by atoms with Gasteiger partial charge in [0, 0.05) is 22.9 Å². The van der Waals surface area contributed by atoms with Crippen molar-refractivity contribution in [3.8, 4) is 0 Å². The maximum atomic E-state index is 13.0. The van der Waals surface area contributed by atoms with Crippen molar-refractivity contribution >= 4 is 21.8 Å². The molecule has 1 amide bonds. The minimum atomic E-state index is -0.115. The number of benzene rings is 2. The number of hydrogen-bond donors (Lipinski definition) is 0. The Morgan fingerprint density at radius 3 is 2.48 bits per heavy atom. The van der Waals surface area contributed by atoms with Crippen LogP contribution in [-0.4, -0.2) is 17.4 Å². The van der Waals surface area contributed by atoms with Crippen LogP contribution in [0.25, 0.3) is 0 Å².